The molecule has 0 radical (unpaired) electrons. The van der Waals surface area contributed by atoms with Gasteiger partial charge in [-0.15, -0.1) is 0 Å². The van der Waals surface area contributed by atoms with Crippen LogP contribution in [0.15, 0.2) is 23.0 Å². The summed E-state index contributed by atoms with van der Waals surface area (Å²) in [5.41, 5.74) is 0.754. The van der Waals surface area contributed by atoms with Gasteiger partial charge < -0.3 is 29.5 Å². The minimum absolute atomic E-state index is 0.0315. The van der Waals surface area contributed by atoms with Crippen LogP contribution in [0, 0.1) is 11.8 Å². The third-order valence-electron chi connectivity index (χ3n) is 8.27. The summed E-state index contributed by atoms with van der Waals surface area (Å²) in [4.78, 5) is 15.8. The summed E-state index contributed by atoms with van der Waals surface area (Å²) >= 11 is 6.53. The normalized spacial score (nSPS) is 37.2. The lowest BCUT2D eigenvalue weighted by Crippen LogP contribution is -2.50. The number of rotatable bonds is 8. The number of piperidine rings is 1. The molecule has 5 aliphatic rings. The lowest BCUT2D eigenvalue weighted by molar-refractivity contribution is -0.131. The van der Waals surface area contributed by atoms with Gasteiger partial charge in [-0.1, -0.05) is 18.0 Å². The number of likely N-dealkylation sites (tertiary alicyclic amines) is 1. The van der Waals surface area contributed by atoms with Crippen LogP contribution in [0.3, 0.4) is 0 Å². The second-order valence-corrected chi connectivity index (χ2v) is 10.7. The van der Waals surface area contributed by atoms with E-state index in [0.29, 0.717) is 23.1 Å². The van der Waals surface area contributed by atoms with Gasteiger partial charge in [0.1, 0.15) is 11.3 Å². The van der Waals surface area contributed by atoms with Crippen LogP contribution in [0.5, 0.6) is 0 Å². The van der Waals surface area contributed by atoms with E-state index in [9.17, 15) is 4.79 Å². The molecule has 0 aromatic heterocycles. The zero-order valence-corrected chi connectivity index (χ0v) is 20.8. The van der Waals surface area contributed by atoms with Crippen LogP contribution in [0.25, 0.3) is 0 Å². The molecule has 8 nitrogen and oxygen atoms in total. The zero-order chi connectivity index (χ0) is 23.7. The van der Waals surface area contributed by atoms with E-state index in [1.54, 1.807) is 6.08 Å². The molecule has 9 heteroatoms. The van der Waals surface area contributed by atoms with E-state index in [-0.39, 0.29) is 24.7 Å². The van der Waals surface area contributed by atoms with E-state index in [1.807, 2.05) is 6.92 Å². The molecule has 3 saturated heterocycles. The first-order chi connectivity index (χ1) is 16.5. The first kappa shape index (κ1) is 24.4. The highest BCUT2D eigenvalue weighted by Crippen LogP contribution is 2.42. The Bertz CT molecular complexity index is 795. The number of allylic oxidation sites excluding steroid dienone is 1. The number of aliphatic carboxylic acids is 1. The zero-order valence-electron chi connectivity index (χ0n) is 20.0. The van der Waals surface area contributed by atoms with Gasteiger partial charge in [0.25, 0.3) is 0 Å². The van der Waals surface area contributed by atoms with Crippen molar-refractivity contribution in [2.24, 2.45) is 11.8 Å². The smallest absolute Gasteiger partial charge is 0.328 e. The van der Waals surface area contributed by atoms with E-state index in [0.717, 1.165) is 63.8 Å². The first-order valence-electron chi connectivity index (χ1n) is 13.0. The van der Waals surface area contributed by atoms with Crippen molar-refractivity contribution in [1.29, 1.82) is 0 Å². The predicted octanol–water partition coefficient (Wildman–Crippen LogP) is 3.09. The number of carbonyl (C=O) groups is 1. The topological polar surface area (TPSA) is 83.5 Å². The highest BCUT2D eigenvalue weighted by atomic mass is 35.5. The molecule has 4 fully saturated rings. The molecule has 0 amide bonds. The van der Waals surface area contributed by atoms with Crippen LogP contribution in [0.2, 0.25) is 0 Å². The number of hydrogen-bond acceptors (Lipinski definition) is 7. The molecule has 6 atom stereocenters. The van der Waals surface area contributed by atoms with Crippen LogP contribution in [0.1, 0.15) is 51.9 Å². The molecule has 1 saturated carbocycles. The van der Waals surface area contributed by atoms with Crippen molar-refractivity contribution in [3.05, 3.63) is 23.0 Å². The molecule has 1 aliphatic carbocycles. The molecule has 4 heterocycles. The molecule has 0 spiro atoms. The van der Waals surface area contributed by atoms with Crippen LogP contribution in [-0.4, -0.2) is 84.4 Å². The maximum atomic E-state index is 11.1. The van der Waals surface area contributed by atoms with Crippen molar-refractivity contribution < 1.29 is 24.1 Å². The third kappa shape index (κ3) is 5.41. The third-order valence-corrected chi connectivity index (χ3v) is 8.57. The van der Waals surface area contributed by atoms with Gasteiger partial charge in [0, 0.05) is 25.8 Å². The fourth-order valence-electron chi connectivity index (χ4n) is 6.43. The molecular weight excluding hydrogens is 458 g/mol. The molecular formula is C25H38ClN3O5. The second kappa shape index (κ2) is 10.7. The minimum Gasteiger partial charge on any atom is -0.478 e. The van der Waals surface area contributed by atoms with Gasteiger partial charge in [0.15, 0.2) is 6.29 Å². The van der Waals surface area contributed by atoms with Crippen LogP contribution in [0.4, 0.5) is 0 Å². The highest BCUT2D eigenvalue weighted by Gasteiger charge is 2.45. The molecule has 0 bridgehead atoms. The number of nitrogens with one attached hydrogen (secondary N) is 1. The number of fused-ring (bicyclic) bond motifs is 1. The Morgan fingerprint density at radius 3 is 2.71 bits per heavy atom. The predicted molar refractivity (Wildman–Crippen MR) is 128 cm³/mol. The van der Waals surface area contributed by atoms with Gasteiger partial charge in [0.2, 0.25) is 0 Å². The number of ether oxygens (including phenoxy) is 3. The Hall–Kier alpha value is -1.32. The van der Waals surface area contributed by atoms with Gasteiger partial charge in [-0.3, -0.25) is 4.90 Å². The Balaban J connectivity index is 1.17. The summed E-state index contributed by atoms with van der Waals surface area (Å²) in [5.74, 6) is 0.330. The lowest BCUT2D eigenvalue weighted by atomic mass is 9.73. The average molecular weight is 496 g/mol. The molecule has 190 valence electrons. The molecule has 2 N–H and O–H groups in total. The van der Waals surface area contributed by atoms with Crippen molar-refractivity contribution in [3.8, 4) is 0 Å². The molecule has 5 rings (SSSR count). The van der Waals surface area contributed by atoms with Crippen molar-refractivity contribution in [1.82, 2.24) is 15.1 Å². The van der Waals surface area contributed by atoms with Crippen molar-refractivity contribution in [3.63, 3.8) is 0 Å². The van der Waals surface area contributed by atoms with Gasteiger partial charge >= 0.3 is 5.97 Å². The summed E-state index contributed by atoms with van der Waals surface area (Å²) in [5, 5.41) is 13.0. The van der Waals surface area contributed by atoms with E-state index >= 15 is 0 Å². The summed E-state index contributed by atoms with van der Waals surface area (Å²) in [6.45, 7) is 6.62. The summed E-state index contributed by atoms with van der Waals surface area (Å²) in [6, 6.07) is 0. The van der Waals surface area contributed by atoms with Gasteiger partial charge in [-0.05, 0) is 76.5 Å². The van der Waals surface area contributed by atoms with Crippen molar-refractivity contribution >= 4 is 17.6 Å². The largest absolute Gasteiger partial charge is 0.478 e. The maximum absolute atomic E-state index is 11.1. The highest BCUT2D eigenvalue weighted by molar-refractivity contribution is 6.30. The quantitative estimate of drug-likeness (QED) is 0.392. The SMILES string of the molecule is C[C@@H]1OC2CCCC(C3CCN(CC4NC(Cl)=C(/C=C/C(=O)O)N4CC[C@@H]4CCO4)CC3)C2O1. The number of carboxylic acids is 1. The van der Waals surface area contributed by atoms with Gasteiger partial charge in [-0.2, -0.15) is 0 Å². The van der Waals surface area contributed by atoms with E-state index in [4.69, 9.17) is 30.9 Å². The summed E-state index contributed by atoms with van der Waals surface area (Å²) < 4.78 is 17.8. The maximum Gasteiger partial charge on any atom is 0.328 e. The monoisotopic (exact) mass is 495 g/mol. The number of halogens is 1. The molecule has 0 aromatic carbocycles. The number of carboxylic acid groups (broad SMARTS) is 1. The molecule has 34 heavy (non-hydrogen) atoms. The average Bonchev–Trinajstić information content (AvgIpc) is 3.30. The van der Waals surface area contributed by atoms with Crippen molar-refractivity contribution in [2.75, 3.05) is 32.8 Å². The fourth-order valence-corrected chi connectivity index (χ4v) is 6.73. The Kier molecular flexibility index (Phi) is 7.70. The summed E-state index contributed by atoms with van der Waals surface area (Å²) in [7, 11) is 0. The Labute approximate surface area is 207 Å². The van der Waals surface area contributed by atoms with E-state index in [2.05, 4.69) is 15.1 Å². The molecule has 4 unspecified atom stereocenters. The minimum atomic E-state index is -0.972. The molecule has 0 aromatic rings. The number of nitrogens with zero attached hydrogens (tertiary/aromatic N) is 2. The van der Waals surface area contributed by atoms with Crippen LogP contribution >= 0.6 is 11.6 Å². The molecule has 4 aliphatic heterocycles. The summed E-state index contributed by atoms with van der Waals surface area (Å²) in [6.07, 6.45) is 11.6. The van der Waals surface area contributed by atoms with E-state index in [1.165, 1.54) is 25.7 Å². The first-order valence-corrected chi connectivity index (χ1v) is 13.3. The Morgan fingerprint density at radius 1 is 1.21 bits per heavy atom. The van der Waals surface area contributed by atoms with Gasteiger partial charge in [0.05, 0.1) is 24.0 Å². The Morgan fingerprint density at radius 2 is 2.00 bits per heavy atom. The van der Waals surface area contributed by atoms with Crippen molar-refractivity contribution in [2.45, 2.75) is 82.6 Å². The number of hydrogen-bond donors (Lipinski definition) is 2. The van der Waals surface area contributed by atoms with Crippen LogP contribution < -0.4 is 5.32 Å². The fraction of sp³-hybridized carbons (Fsp3) is 0.800. The van der Waals surface area contributed by atoms with E-state index < -0.39 is 5.97 Å². The lowest BCUT2D eigenvalue weighted by Gasteiger charge is -2.42. The van der Waals surface area contributed by atoms with Crippen LogP contribution in [-0.2, 0) is 19.0 Å². The standard InChI is InChI=1S/C25H38ClN3O5/c1-16-33-21-4-2-3-19(24(21)34-16)17-7-11-28(12-8-17)15-22-27-25(26)20(5-6-23(30)31)29(22)13-9-18-10-14-32-18/h5-6,16-19,21-22,24,27H,2-4,7-15H2,1H3,(H,30,31)/b6-5+/t16-,18-,19?,21?,22?,24?/m1/s1. The van der Waals surface area contributed by atoms with Gasteiger partial charge in [-0.25, -0.2) is 4.79 Å². The second-order valence-electron chi connectivity index (χ2n) is 10.4.